The molecule has 0 radical (unpaired) electrons. The third kappa shape index (κ3) is 5.76. The number of carbonyl (C=O) groups excluding carboxylic acids is 2. The highest BCUT2D eigenvalue weighted by Gasteiger charge is 2.35. The quantitative estimate of drug-likeness (QED) is 0.389. The van der Waals surface area contributed by atoms with Crippen LogP contribution in [0, 0.1) is 0 Å². The number of benzene rings is 2. The largest absolute Gasteiger partial charge is 0.490 e. The first kappa shape index (κ1) is 23.5. The average molecular weight is 480 g/mol. The molecule has 164 valence electrons. The van der Waals surface area contributed by atoms with E-state index >= 15 is 0 Å². The maximum atomic E-state index is 12.8. The third-order valence-electron chi connectivity index (χ3n) is 4.67. The summed E-state index contributed by atoms with van der Waals surface area (Å²) in [4.78, 5) is 26.8. The third-order valence-corrected chi connectivity index (χ3v) is 6.31. The van der Waals surface area contributed by atoms with Crippen molar-refractivity contribution in [2.75, 3.05) is 6.61 Å². The van der Waals surface area contributed by atoms with E-state index in [9.17, 15) is 9.59 Å². The van der Waals surface area contributed by atoms with E-state index in [-0.39, 0.29) is 23.8 Å². The van der Waals surface area contributed by atoms with Gasteiger partial charge in [0.15, 0.2) is 11.5 Å². The Balaban J connectivity index is 1.81. The van der Waals surface area contributed by atoms with Crippen molar-refractivity contribution in [3.8, 4) is 11.5 Å². The monoisotopic (exact) mass is 479 g/mol. The van der Waals surface area contributed by atoms with E-state index in [1.165, 1.54) is 4.90 Å². The Labute approximate surface area is 196 Å². The minimum absolute atomic E-state index is 0.0583. The molecule has 0 N–H and O–H groups in total. The fourth-order valence-corrected chi connectivity index (χ4v) is 4.05. The van der Waals surface area contributed by atoms with E-state index < -0.39 is 0 Å². The topological polar surface area (TPSA) is 55.8 Å². The predicted molar refractivity (Wildman–Crippen MR) is 126 cm³/mol. The first-order valence-electron chi connectivity index (χ1n) is 9.95. The molecule has 1 fully saturated rings. The van der Waals surface area contributed by atoms with Gasteiger partial charge in [0.25, 0.3) is 11.1 Å². The minimum atomic E-state index is -0.348. The number of rotatable bonds is 8. The molecule has 1 atom stereocenters. The zero-order valence-electron chi connectivity index (χ0n) is 17.5. The van der Waals surface area contributed by atoms with Crippen LogP contribution in [0.3, 0.4) is 0 Å². The molecule has 1 aliphatic heterocycles. The molecule has 0 aromatic heterocycles. The minimum Gasteiger partial charge on any atom is -0.490 e. The summed E-state index contributed by atoms with van der Waals surface area (Å²) in [5.41, 5.74) is 1.48. The predicted octanol–water partition coefficient (Wildman–Crippen LogP) is 6.81. The van der Waals surface area contributed by atoms with Gasteiger partial charge in [0.05, 0.1) is 34.2 Å². The number of hydrogen-bond donors (Lipinski definition) is 0. The van der Waals surface area contributed by atoms with Crippen LogP contribution in [0.2, 0.25) is 10.0 Å². The Hall–Kier alpha value is -2.15. The molecule has 5 nitrogen and oxygen atoms in total. The SMILES string of the molecule is CCOc1cc(/C=C2/SC(=O)N(Cc3ccc(Cl)c(Cl)c3)C2=O)ccc1O[C@H](C)CC. The van der Waals surface area contributed by atoms with Gasteiger partial charge in [-0.15, -0.1) is 0 Å². The number of amides is 2. The molecule has 2 aromatic rings. The lowest BCUT2D eigenvalue weighted by molar-refractivity contribution is -0.123. The van der Waals surface area contributed by atoms with Gasteiger partial charge in [-0.2, -0.15) is 0 Å². The molecular weight excluding hydrogens is 457 g/mol. The highest BCUT2D eigenvalue weighted by atomic mass is 35.5. The Morgan fingerprint density at radius 2 is 1.84 bits per heavy atom. The van der Waals surface area contributed by atoms with Gasteiger partial charge in [0.2, 0.25) is 0 Å². The van der Waals surface area contributed by atoms with E-state index in [2.05, 4.69) is 0 Å². The summed E-state index contributed by atoms with van der Waals surface area (Å²) in [6, 6.07) is 10.5. The lowest BCUT2D eigenvalue weighted by Crippen LogP contribution is -2.27. The van der Waals surface area contributed by atoms with Crippen molar-refractivity contribution in [3.05, 3.63) is 62.5 Å². The van der Waals surface area contributed by atoms with E-state index in [1.807, 2.05) is 39.0 Å². The van der Waals surface area contributed by atoms with Crippen LogP contribution in [0.1, 0.15) is 38.3 Å². The molecule has 0 spiro atoms. The summed E-state index contributed by atoms with van der Waals surface area (Å²) in [5.74, 6) is 0.909. The second-order valence-electron chi connectivity index (χ2n) is 6.99. The molecule has 1 aliphatic rings. The Morgan fingerprint density at radius 3 is 2.52 bits per heavy atom. The maximum absolute atomic E-state index is 12.8. The summed E-state index contributed by atoms with van der Waals surface area (Å²) < 4.78 is 11.6. The average Bonchev–Trinajstić information content (AvgIpc) is 3.00. The molecule has 8 heteroatoms. The molecule has 1 heterocycles. The fourth-order valence-electron chi connectivity index (χ4n) is 2.89. The normalized spacial score (nSPS) is 16.2. The first-order chi connectivity index (χ1) is 14.8. The molecule has 0 bridgehead atoms. The molecule has 31 heavy (non-hydrogen) atoms. The van der Waals surface area contributed by atoms with E-state index in [0.717, 1.165) is 29.3 Å². The number of imide groups is 1. The molecule has 0 unspecified atom stereocenters. The highest BCUT2D eigenvalue weighted by Crippen LogP contribution is 2.36. The maximum Gasteiger partial charge on any atom is 0.293 e. The summed E-state index contributed by atoms with van der Waals surface area (Å²) >= 11 is 12.9. The second-order valence-corrected chi connectivity index (χ2v) is 8.80. The smallest absolute Gasteiger partial charge is 0.293 e. The van der Waals surface area contributed by atoms with Crippen LogP contribution in [-0.2, 0) is 11.3 Å². The lowest BCUT2D eigenvalue weighted by atomic mass is 10.1. The van der Waals surface area contributed by atoms with E-state index in [4.69, 9.17) is 32.7 Å². The zero-order chi connectivity index (χ0) is 22.5. The first-order valence-corrected chi connectivity index (χ1v) is 11.5. The van der Waals surface area contributed by atoms with Gasteiger partial charge in [-0.25, -0.2) is 0 Å². The summed E-state index contributed by atoms with van der Waals surface area (Å²) in [5, 5.41) is 0.472. The molecular formula is C23H23Cl2NO4S. The van der Waals surface area contributed by atoms with Crippen molar-refractivity contribution in [1.29, 1.82) is 0 Å². The summed E-state index contributed by atoms with van der Waals surface area (Å²) in [6.07, 6.45) is 2.62. The van der Waals surface area contributed by atoms with Crippen LogP contribution in [0.5, 0.6) is 11.5 Å². The van der Waals surface area contributed by atoms with Crippen molar-refractivity contribution in [2.45, 2.75) is 39.8 Å². The Morgan fingerprint density at radius 1 is 1.06 bits per heavy atom. The van der Waals surface area contributed by atoms with Crippen molar-refractivity contribution in [3.63, 3.8) is 0 Å². The van der Waals surface area contributed by atoms with Crippen molar-refractivity contribution in [1.82, 2.24) is 4.90 Å². The summed E-state index contributed by atoms with van der Waals surface area (Å²) in [7, 11) is 0. The van der Waals surface area contributed by atoms with Gasteiger partial charge in [-0.05, 0) is 73.5 Å². The van der Waals surface area contributed by atoms with Gasteiger partial charge in [-0.3, -0.25) is 14.5 Å². The standard InChI is InChI=1S/C23H23Cl2NO4S/c1-4-14(3)30-19-9-7-15(11-20(19)29-5-2)12-21-22(27)26(23(28)31-21)13-16-6-8-17(24)18(25)10-16/h6-12,14H,4-5,13H2,1-3H3/b21-12+/t14-/m1/s1. The van der Waals surface area contributed by atoms with Crippen molar-refractivity contribution in [2.24, 2.45) is 0 Å². The van der Waals surface area contributed by atoms with Crippen LogP contribution < -0.4 is 9.47 Å². The number of thioether (sulfide) groups is 1. The molecule has 0 aliphatic carbocycles. The lowest BCUT2D eigenvalue weighted by Gasteiger charge is -2.16. The van der Waals surface area contributed by atoms with Gasteiger partial charge in [-0.1, -0.05) is 42.3 Å². The van der Waals surface area contributed by atoms with Gasteiger partial charge in [0.1, 0.15) is 0 Å². The van der Waals surface area contributed by atoms with Crippen molar-refractivity contribution >= 4 is 52.2 Å². The van der Waals surface area contributed by atoms with Crippen LogP contribution in [0.25, 0.3) is 6.08 Å². The summed E-state index contributed by atoms with van der Waals surface area (Å²) in [6.45, 7) is 6.56. The van der Waals surface area contributed by atoms with Crippen LogP contribution >= 0.6 is 35.0 Å². The Bertz CT molecular complexity index is 1020. The van der Waals surface area contributed by atoms with E-state index in [1.54, 1.807) is 24.3 Å². The zero-order valence-corrected chi connectivity index (χ0v) is 19.8. The molecule has 2 aromatic carbocycles. The molecule has 3 rings (SSSR count). The molecule has 2 amide bonds. The van der Waals surface area contributed by atoms with Gasteiger partial charge < -0.3 is 9.47 Å². The van der Waals surface area contributed by atoms with Crippen LogP contribution in [0.4, 0.5) is 4.79 Å². The number of hydrogen-bond acceptors (Lipinski definition) is 5. The number of ether oxygens (including phenoxy) is 2. The van der Waals surface area contributed by atoms with Crippen molar-refractivity contribution < 1.29 is 19.1 Å². The van der Waals surface area contributed by atoms with Crippen LogP contribution in [0.15, 0.2) is 41.3 Å². The second kappa shape index (κ2) is 10.4. The molecule has 0 saturated carbocycles. The van der Waals surface area contributed by atoms with Crippen LogP contribution in [-0.4, -0.2) is 28.8 Å². The Kier molecular flexibility index (Phi) is 7.92. The van der Waals surface area contributed by atoms with Gasteiger partial charge >= 0.3 is 0 Å². The van der Waals surface area contributed by atoms with E-state index in [0.29, 0.717) is 33.1 Å². The molecule has 1 saturated heterocycles. The number of halogens is 2. The fraction of sp³-hybridized carbons (Fsp3) is 0.304. The van der Waals surface area contributed by atoms with Gasteiger partial charge in [0, 0.05) is 0 Å². The number of carbonyl (C=O) groups is 2. The number of nitrogens with zero attached hydrogens (tertiary/aromatic N) is 1. The highest BCUT2D eigenvalue weighted by molar-refractivity contribution is 8.18.